The van der Waals surface area contributed by atoms with Crippen LogP contribution in [0.3, 0.4) is 0 Å². The summed E-state index contributed by atoms with van der Waals surface area (Å²) in [6.07, 6.45) is 0.993. The van der Waals surface area contributed by atoms with Gasteiger partial charge in [0.25, 0.3) is 0 Å². The fraction of sp³-hybridized carbons (Fsp3) is 0.308. The molecule has 0 spiro atoms. The number of benzene rings is 1. The van der Waals surface area contributed by atoms with Crippen LogP contribution in [0.25, 0.3) is 0 Å². The molecule has 2 saturated heterocycles. The first-order valence-corrected chi connectivity index (χ1v) is 5.82. The second-order valence-corrected chi connectivity index (χ2v) is 4.47. The average molecular weight is 241 g/mol. The number of carbonyl (C=O) groups excluding carboxylic acids is 2. The van der Waals surface area contributed by atoms with Gasteiger partial charge in [-0.1, -0.05) is 6.07 Å². The van der Waals surface area contributed by atoms with Crippen LogP contribution in [0, 0.1) is 11.3 Å². The van der Waals surface area contributed by atoms with Crippen molar-refractivity contribution in [3.05, 3.63) is 29.8 Å². The molecule has 1 unspecified atom stereocenters. The molecule has 0 aromatic heterocycles. The number of rotatable bonds is 1. The molecule has 90 valence electrons. The first kappa shape index (κ1) is 10.8. The number of hydrogen-bond acceptors (Lipinski definition) is 3. The third-order valence-corrected chi connectivity index (χ3v) is 3.42. The monoisotopic (exact) mass is 241 g/mol. The highest BCUT2D eigenvalue weighted by Crippen LogP contribution is 2.32. The van der Waals surface area contributed by atoms with Crippen LogP contribution in [-0.2, 0) is 9.59 Å². The molecule has 3 rings (SSSR count). The Hall–Kier alpha value is -2.35. The van der Waals surface area contributed by atoms with Crippen LogP contribution in [-0.4, -0.2) is 29.4 Å². The van der Waals surface area contributed by atoms with E-state index in [9.17, 15) is 9.59 Å². The zero-order valence-electron chi connectivity index (χ0n) is 9.67. The molecule has 5 heteroatoms. The smallest absolute Gasteiger partial charge is 0.248 e. The first-order chi connectivity index (χ1) is 8.70. The summed E-state index contributed by atoms with van der Waals surface area (Å²) in [6.45, 7) is 0.153. The van der Waals surface area contributed by atoms with E-state index in [-0.39, 0.29) is 24.5 Å². The van der Waals surface area contributed by atoms with Gasteiger partial charge in [0.1, 0.15) is 12.7 Å². The maximum absolute atomic E-state index is 12.0. The van der Waals surface area contributed by atoms with Crippen molar-refractivity contribution >= 4 is 17.5 Å². The highest BCUT2D eigenvalue weighted by Gasteiger charge is 2.45. The van der Waals surface area contributed by atoms with Gasteiger partial charge in [-0.3, -0.25) is 14.5 Å². The lowest BCUT2D eigenvalue weighted by atomic mass is 10.2. The van der Waals surface area contributed by atoms with Crippen LogP contribution in [0.1, 0.15) is 18.4 Å². The quantitative estimate of drug-likeness (QED) is 0.732. The zero-order valence-corrected chi connectivity index (χ0v) is 9.67. The summed E-state index contributed by atoms with van der Waals surface area (Å²) < 4.78 is 0. The molecule has 0 aliphatic carbocycles. The molecule has 5 nitrogen and oxygen atoms in total. The van der Waals surface area contributed by atoms with Crippen molar-refractivity contribution in [1.82, 2.24) is 4.90 Å². The average Bonchev–Trinajstić information content (AvgIpc) is 2.89. The molecular weight excluding hydrogens is 230 g/mol. The van der Waals surface area contributed by atoms with E-state index in [0.717, 1.165) is 0 Å². The lowest BCUT2D eigenvalue weighted by Gasteiger charge is -2.24. The van der Waals surface area contributed by atoms with E-state index in [1.165, 1.54) is 0 Å². The lowest BCUT2D eigenvalue weighted by molar-refractivity contribution is -0.129. The number of nitrogens with zero attached hydrogens (tertiary/aromatic N) is 3. The van der Waals surface area contributed by atoms with Crippen LogP contribution in [0.5, 0.6) is 0 Å². The van der Waals surface area contributed by atoms with Crippen molar-refractivity contribution in [1.29, 1.82) is 5.26 Å². The second-order valence-electron chi connectivity index (χ2n) is 4.47. The van der Waals surface area contributed by atoms with E-state index >= 15 is 0 Å². The maximum atomic E-state index is 12.0. The summed E-state index contributed by atoms with van der Waals surface area (Å²) in [6, 6.07) is 8.98. The summed E-state index contributed by atoms with van der Waals surface area (Å²) in [7, 11) is 0. The van der Waals surface area contributed by atoms with Crippen molar-refractivity contribution in [2.75, 3.05) is 11.4 Å². The van der Waals surface area contributed by atoms with Crippen molar-refractivity contribution in [2.24, 2.45) is 0 Å². The molecule has 2 aliphatic heterocycles. The Kier molecular flexibility index (Phi) is 2.30. The third-order valence-electron chi connectivity index (χ3n) is 3.42. The molecule has 18 heavy (non-hydrogen) atoms. The predicted octanol–water partition coefficient (Wildman–Crippen LogP) is 0.853. The number of hydrogen-bond donors (Lipinski definition) is 0. The Bertz CT molecular complexity index is 576. The Labute approximate surface area is 104 Å². The summed E-state index contributed by atoms with van der Waals surface area (Å²) in [5.74, 6) is -0.0459. The number of anilines is 1. The van der Waals surface area contributed by atoms with Crippen LogP contribution in [0.4, 0.5) is 5.69 Å². The Morgan fingerprint density at radius 1 is 1.28 bits per heavy atom. The third kappa shape index (κ3) is 1.46. The molecule has 1 aromatic carbocycles. The second kappa shape index (κ2) is 3.84. The molecule has 0 bridgehead atoms. The van der Waals surface area contributed by atoms with Crippen molar-refractivity contribution in [3.8, 4) is 6.07 Å². The SMILES string of the molecule is N#Cc1cccc(N2C(=O)CN3C(=O)CCC32)c1. The van der Waals surface area contributed by atoms with Gasteiger partial charge in [-0.05, 0) is 24.6 Å². The van der Waals surface area contributed by atoms with E-state index in [4.69, 9.17) is 5.26 Å². The lowest BCUT2D eigenvalue weighted by Crippen LogP contribution is -2.36. The molecule has 0 saturated carbocycles. The van der Waals surface area contributed by atoms with Gasteiger partial charge in [0.15, 0.2) is 0 Å². The fourth-order valence-electron chi connectivity index (χ4n) is 2.61. The summed E-state index contributed by atoms with van der Waals surface area (Å²) in [4.78, 5) is 26.8. The summed E-state index contributed by atoms with van der Waals surface area (Å²) in [5.41, 5.74) is 1.21. The van der Waals surface area contributed by atoms with E-state index < -0.39 is 0 Å². The molecule has 2 fully saturated rings. The predicted molar refractivity (Wildman–Crippen MR) is 63.4 cm³/mol. The Morgan fingerprint density at radius 3 is 2.89 bits per heavy atom. The van der Waals surface area contributed by atoms with Gasteiger partial charge in [0, 0.05) is 12.1 Å². The van der Waals surface area contributed by atoms with Crippen LogP contribution in [0.2, 0.25) is 0 Å². The Balaban J connectivity index is 1.98. The normalized spacial score (nSPS) is 22.3. The van der Waals surface area contributed by atoms with Gasteiger partial charge >= 0.3 is 0 Å². The van der Waals surface area contributed by atoms with Gasteiger partial charge in [0.2, 0.25) is 11.8 Å². The Morgan fingerprint density at radius 2 is 2.11 bits per heavy atom. The van der Waals surface area contributed by atoms with Gasteiger partial charge in [-0.15, -0.1) is 0 Å². The molecule has 1 atom stereocenters. The topological polar surface area (TPSA) is 64.4 Å². The number of nitriles is 1. The highest BCUT2D eigenvalue weighted by atomic mass is 16.2. The minimum absolute atomic E-state index is 0.0345. The van der Waals surface area contributed by atoms with Crippen LogP contribution >= 0.6 is 0 Å². The van der Waals surface area contributed by atoms with Crippen molar-refractivity contribution < 1.29 is 9.59 Å². The van der Waals surface area contributed by atoms with Crippen molar-refractivity contribution in [3.63, 3.8) is 0 Å². The van der Waals surface area contributed by atoms with Gasteiger partial charge < -0.3 is 4.90 Å². The minimum atomic E-state index is -0.168. The number of fused-ring (bicyclic) bond motifs is 1. The fourth-order valence-corrected chi connectivity index (χ4v) is 2.61. The molecule has 1 aromatic rings. The van der Waals surface area contributed by atoms with E-state index in [1.807, 2.05) is 0 Å². The van der Waals surface area contributed by atoms with Gasteiger partial charge in [0.05, 0.1) is 11.6 Å². The summed E-state index contributed by atoms with van der Waals surface area (Å²) >= 11 is 0. The molecular formula is C13H11N3O2. The summed E-state index contributed by atoms with van der Waals surface area (Å²) in [5, 5.41) is 8.88. The van der Waals surface area contributed by atoms with Crippen LogP contribution < -0.4 is 4.90 Å². The number of amides is 2. The highest BCUT2D eigenvalue weighted by molar-refractivity contribution is 6.02. The minimum Gasteiger partial charge on any atom is -0.312 e. The van der Waals surface area contributed by atoms with E-state index in [0.29, 0.717) is 24.1 Å². The van der Waals surface area contributed by atoms with Gasteiger partial charge in [-0.2, -0.15) is 5.26 Å². The molecule has 0 N–H and O–H groups in total. The number of carbonyl (C=O) groups is 2. The largest absolute Gasteiger partial charge is 0.312 e. The van der Waals surface area contributed by atoms with Gasteiger partial charge in [-0.25, -0.2) is 0 Å². The molecule has 2 heterocycles. The molecule has 2 amide bonds. The zero-order chi connectivity index (χ0) is 12.7. The molecule has 0 radical (unpaired) electrons. The van der Waals surface area contributed by atoms with Crippen molar-refractivity contribution in [2.45, 2.75) is 19.0 Å². The maximum Gasteiger partial charge on any atom is 0.248 e. The van der Waals surface area contributed by atoms with E-state index in [2.05, 4.69) is 6.07 Å². The molecule has 2 aliphatic rings. The van der Waals surface area contributed by atoms with Crippen LogP contribution in [0.15, 0.2) is 24.3 Å². The van der Waals surface area contributed by atoms with E-state index in [1.54, 1.807) is 34.1 Å². The standard InChI is InChI=1S/C13H11N3O2/c14-7-9-2-1-3-10(6-9)16-11-4-5-12(17)15(11)8-13(16)18/h1-3,6,11H,4-5,8H2. The first-order valence-electron chi connectivity index (χ1n) is 5.82.